The maximum Gasteiger partial charge on any atom is 0.219 e. The summed E-state index contributed by atoms with van der Waals surface area (Å²) in [4.78, 5) is 10.6. The molecular weight excluding hydrogens is 208 g/mol. The molecular formula is C6H14Cl3NO. The normalized spacial score (nSPS) is 15.8. The van der Waals surface area contributed by atoms with Crippen molar-refractivity contribution in [2.75, 3.05) is 6.54 Å². The van der Waals surface area contributed by atoms with Gasteiger partial charge >= 0.3 is 0 Å². The fraction of sp³-hybridized carbons (Fsp3) is 0.833. The van der Waals surface area contributed by atoms with Gasteiger partial charge in [-0.1, -0.05) is 6.42 Å². The molecule has 70 valence electrons. The first-order valence-electron chi connectivity index (χ1n) is 3.16. The Morgan fingerprint density at radius 3 is 2.27 bits per heavy atom. The van der Waals surface area contributed by atoms with Gasteiger partial charge in [-0.25, -0.2) is 0 Å². The summed E-state index contributed by atoms with van der Waals surface area (Å²) in [6.45, 7) is 0.888. The molecule has 2 nitrogen and oxygen atoms in total. The topological polar surface area (TPSA) is 29.1 Å². The van der Waals surface area contributed by atoms with Crippen LogP contribution in [0, 0.1) is 0 Å². The number of nitrogens with one attached hydrogen (secondary N) is 1. The van der Waals surface area contributed by atoms with Crippen molar-refractivity contribution in [1.82, 2.24) is 5.32 Å². The van der Waals surface area contributed by atoms with Gasteiger partial charge in [0.2, 0.25) is 5.91 Å². The Labute approximate surface area is 85.7 Å². The quantitative estimate of drug-likeness (QED) is 0.667. The minimum Gasteiger partial charge on any atom is -0.356 e. The highest BCUT2D eigenvalue weighted by Crippen LogP contribution is 2.02. The lowest BCUT2D eigenvalue weighted by molar-refractivity contribution is -0.120. The van der Waals surface area contributed by atoms with Crippen molar-refractivity contribution in [3.63, 3.8) is 0 Å². The number of hydrogen-bond donors (Lipinski definition) is 1. The van der Waals surface area contributed by atoms with Crippen molar-refractivity contribution in [3.8, 4) is 0 Å². The molecule has 0 saturated carbocycles. The van der Waals surface area contributed by atoms with Crippen LogP contribution in [-0.2, 0) is 4.79 Å². The molecule has 1 saturated heterocycles. The molecule has 0 atom stereocenters. The Morgan fingerprint density at radius 2 is 1.64 bits per heavy atom. The second kappa shape index (κ2) is 10.3. The van der Waals surface area contributed by atoms with E-state index in [2.05, 4.69) is 5.32 Å². The van der Waals surface area contributed by atoms with E-state index in [-0.39, 0.29) is 43.1 Å². The van der Waals surface area contributed by atoms with Gasteiger partial charge in [-0.3, -0.25) is 4.79 Å². The molecule has 1 heterocycles. The minimum absolute atomic E-state index is 0. The van der Waals surface area contributed by atoms with Gasteiger partial charge < -0.3 is 5.32 Å². The largest absolute Gasteiger partial charge is 0.356 e. The maximum absolute atomic E-state index is 10.6. The van der Waals surface area contributed by atoms with E-state index in [0.717, 1.165) is 25.8 Å². The average molecular weight is 223 g/mol. The van der Waals surface area contributed by atoms with E-state index < -0.39 is 0 Å². The van der Waals surface area contributed by atoms with Crippen LogP contribution < -0.4 is 5.32 Å². The van der Waals surface area contributed by atoms with Crippen LogP contribution in [0.2, 0.25) is 0 Å². The fourth-order valence-corrected chi connectivity index (χ4v) is 0.904. The highest BCUT2D eigenvalue weighted by Gasteiger charge is 2.03. The van der Waals surface area contributed by atoms with Crippen LogP contribution in [0.25, 0.3) is 0 Å². The van der Waals surface area contributed by atoms with Crippen LogP contribution >= 0.6 is 37.2 Å². The summed E-state index contributed by atoms with van der Waals surface area (Å²) in [6, 6.07) is 0. The second-order valence-electron chi connectivity index (χ2n) is 2.16. The van der Waals surface area contributed by atoms with E-state index in [1.54, 1.807) is 0 Å². The molecule has 1 rings (SSSR count). The lowest BCUT2D eigenvalue weighted by Gasteiger charge is -1.93. The van der Waals surface area contributed by atoms with Crippen LogP contribution in [0.1, 0.15) is 25.7 Å². The van der Waals surface area contributed by atoms with Gasteiger partial charge in [0.1, 0.15) is 0 Å². The summed E-state index contributed by atoms with van der Waals surface area (Å²) in [7, 11) is 0. The number of amides is 1. The van der Waals surface area contributed by atoms with Gasteiger partial charge in [0.05, 0.1) is 0 Å². The first kappa shape index (κ1) is 17.4. The zero-order valence-corrected chi connectivity index (χ0v) is 8.62. The molecule has 0 aromatic carbocycles. The molecule has 0 aromatic heterocycles. The van der Waals surface area contributed by atoms with E-state index in [4.69, 9.17) is 0 Å². The van der Waals surface area contributed by atoms with Crippen molar-refractivity contribution in [1.29, 1.82) is 0 Å². The number of carbonyl (C=O) groups excluding carboxylic acids is 1. The summed E-state index contributed by atoms with van der Waals surface area (Å²) >= 11 is 0. The van der Waals surface area contributed by atoms with E-state index in [9.17, 15) is 4.79 Å². The van der Waals surface area contributed by atoms with Crippen LogP contribution in [0.4, 0.5) is 0 Å². The second-order valence-corrected chi connectivity index (χ2v) is 2.16. The molecule has 0 spiro atoms. The molecule has 1 N–H and O–H groups in total. The number of hydrogen-bond acceptors (Lipinski definition) is 1. The molecule has 0 unspecified atom stereocenters. The molecule has 1 aliphatic heterocycles. The first-order chi connectivity index (χ1) is 3.89. The molecule has 0 aromatic rings. The molecule has 0 aliphatic carbocycles. The number of rotatable bonds is 0. The first-order valence-corrected chi connectivity index (χ1v) is 3.16. The molecule has 1 aliphatic rings. The van der Waals surface area contributed by atoms with E-state index >= 15 is 0 Å². The van der Waals surface area contributed by atoms with Crippen LogP contribution in [0.5, 0.6) is 0 Å². The minimum atomic E-state index is 0. The van der Waals surface area contributed by atoms with E-state index in [0.29, 0.717) is 0 Å². The molecule has 11 heavy (non-hydrogen) atoms. The molecule has 5 heteroatoms. The van der Waals surface area contributed by atoms with Crippen LogP contribution in [0.15, 0.2) is 0 Å². The smallest absolute Gasteiger partial charge is 0.219 e. The predicted molar refractivity (Wildman–Crippen MR) is 53.2 cm³/mol. The predicted octanol–water partition coefficient (Wildman–Crippen LogP) is 1.94. The van der Waals surface area contributed by atoms with Crippen molar-refractivity contribution < 1.29 is 4.79 Å². The SMILES string of the molecule is Cl.Cl.Cl.O=C1CCCCCN1. The summed E-state index contributed by atoms with van der Waals surface area (Å²) < 4.78 is 0. The summed E-state index contributed by atoms with van der Waals surface area (Å²) in [5, 5.41) is 2.81. The third-order valence-electron chi connectivity index (χ3n) is 1.40. The molecule has 0 radical (unpaired) electrons. The Bertz CT molecular complexity index is 89.8. The third-order valence-corrected chi connectivity index (χ3v) is 1.40. The number of carbonyl (C=O) groups is 1. The van der Waals surface area contributed by atoms with Crippen LogP contribution in [0.3, 0.4) is 0 Å². The van der Waals surface area contributed by atoms with E-state index in [1.807, 2.05) is 0 Å². The van der Waals surface area contributed by atoms with Gasteiger partial charge in [-0.15, -0.1) is 37.2 Å². The Balaban J connectivity index is -0.000000213. The van der Waals surface area contributed by atoms with Gasteiger partial charge in [0, 0.05) is 13.0 Å². The zero-order valence-electron chi connectivity index (χ0n) is 6.17. The standard InChI is InChI=1S/C6H11NO.3ClH/c8-6-4-2-1-3-5-7-6;;;/h1-5H2,(H,7,8);3*1H. The van der Waals surface area contributed by atoms with E-state index in [1.165, 1.54) is 6.42 Å². The monoisotopic (exact) mass is 221 g/mol. The van der Waals surface area contributed by atoms with Gasteiger partial charge in [0.15, 0.2) is 0 Å². The van der Waals surface area contributed by atoms with Crippen molar-refractivity contribution in [3.05, 3.63) is 0 Å². The fourth-order valence-electron chi connectivity index (χ4n) is 0.904. The van der Waals surface area contributed by atoms with Crippen LogP contribution in [-0.4, -0.2) is 12.5 Å². The van der Waals surface area contributed by atoms with Gasteiger partial charge in [-0.05, 0) is 12.8 Å². The Kier molecular flexibility index (Phi) is 16.4. The van der Waals surface area contributed by atoms with Gasteiger partial charge in [0.25, 0.3) is 0 Å². The summed E-state index contributed by atoms with van der Waals surface area (Å²) in [6.07, 6.45) is 4.18. The Morgan fingerprint density at radius 1 is 1.00 bits per heavy atom. The summed E-state index contributed by atoms with van der Waals surface area (Å²) in [5.74, 6) is 0.225. The average Bonchev–Trinajstić information content (AvgIpc) is 1.94. The van der Waals surface area contributed by atoms with Crippen molar-refractivity contribution in [2.45, 2.75) is 25.7 Å². The molecule has 1 fully saturated rings. The summed E-state index contributed by atoms with van der Waals surface area (Å²) in [5.41, 5.74) is 0. The maximum atomic E-state index is 10.6. The number of halogens is 3. The molecule has 0 bridgehead atoms. The van der Waals surface area contributed by atoms with Crippen molar-refractivity contribution >= 4 is 43.1 Å². The van der Waals surface area contributed by atoms with Gasteiger partial charge in [-0.2, -0.15) is 0 Å². The van der Waals surface area contributed by atoms with Crippen molar-refractivity contribution in [2.24, 2.45) is 0 Å². The molecule has 1 amide bonds. The third kappa shape index (κ3) is 8.24. The highest BCUT2D eigenvalue weighted by molar-refractivity contribution is 5.86. The highest BCUT2D eigenvalue weighted by atomic mass is 35.5. The lowest BCUT2D eigenvalue weighted by Crippen LogP contribution is -2.21. The zero-order chi connectivity index (χ0) is 5.82. The Hall–Kier alpha value is 0.340. The lowest BCUT2D eigenvalue weighted by atomic mass is 10.2.